The Morgan fingerprint density at radius 3 is 2.50 bits per heavy atom. The van der Waals surface area contributed by atoms with Crippen molar-refractivity contribution in [2.24, 2.45) is 7.05 Å². The van der Waals surface area contributed by atoms with Crippen molar-refractivity contribution in [2.75, 3.05) is 5.32 Å². The average Bonchev–Trinajstić information content (AvgIpc) is 2.75. The Morgan fingerprint density at radius 1 is 1.16 bits per heavy atom. The molecule has 1 heterocycles. The van der Waals surface area contributed by atoms with E-state index < -0.39 is 35.8 Å². The van der Waals surface area contributed by atoms with Gasteiger partial charge in [0.25, 0.3) is 5.56 Å². The molecule has 2 amide bonds. The highest BCUT2D eigenvalue weighted by atomic mass is 19.1. The van der Waals surface area contributed by atoms with Gasteiger partial charge in [-0.2, -0.15) is 0 Å². The number of urea groups is 1. The van der Waals surface area contributed by atoms with Crippen molar-refractivity contribution >= 4 is 17.7 Å². The van der Waals surface area contributed by atoms with Gasteiger partial charge in [0, 0.05) is 24.4 Å². The maximum absolute atomic E-state index is 14.4. The largest absolute Gasteiger partial charge is 0.505 e. The van der Waals surface area contributed by atoms with Crippen molar-refractivity contribution in [1.82, 2.24) is 9.88 Å². The van der Waals surface area contributed by atoms with E-state index in [1.165, 1.54) is 36.0 Å². The molecule has 9 heteroatoms. The first-order valence-electron chi connectivity index (χ1n) is 9.70. The minimum Gasteiger partial charge on any atom is -0.505 e. The number of aliphatic carboxylic acids is 1. The quantitative estimate of drug-likeness (QED) is 0.468. The third-order valence-corrected chi connectivity index (χ3v) is 4.93. The molecule has 0 spiro atoms. The number of nitrogens with zero attached hydrogens (tertiary/aromatic N) is 1. The van der Waals surface area contributed by atoms with Crippen LogP contribution in [0.2, 0.25) is 0 Å². The number of carbonyl (C=O) groups is 2. The molecule has 0 saturated carbocycles. The zero-order valence-corrected chi connectivity index (χ0v) is 17.4. The summed E-state index contributed by atoms with van der Waals surface area (Å²) in [7, 11) is 1.47. The van der Waals surface area contributed by atoms with Crippen LogP contribution in [0, 0.1) is 12.7 Å². The van der Waals surface area contributed by atoms with Crippen molar-refractivity contribution in [1.29, 1.82) is 0 Å². The van der Waals surface area contributed by atoms with E-state index in [2.05, 4.69) is 10.6 Å². The SMILES string of the molecule is Cc1cn(C)c(=O)c(NC(=O)NC(CC(=O)O)c2ccc(F)c(-c3ccccc3)c2)c1O. The molecule has 166 valence electrons. The van der Waals surface area contributed by atoms with Crippen LogP contribution >= 0.6 is 0 Å². The van der Waals surface area contributed by atoms with E-state index >= 15 is 0 Å². The number of rotatable bonds is 6. The number of hydrogen-bond acceptors (Lipinski definition) is 4. The molecule has 0 bridgehead atoms. The molecule has 0 fully saturated rings. The van der Waals surface area contributed by atoms with Crippen molar-refractivity contribution in [3.05, 3.63) is 82.0 Å². The Bertz CT molecular complexity index is 1220. The van der Waals surface area contributed by atoms with Crippen LogP contribution in [0.25, 0.3) is 11.1 Å². The van der Waals surface area contributed by atoms with Gasteiger partial charge >= 0.3 is 12.0 Å². The topological polar surface area (TPSA) is 121 Å². The molecule has 0 saturated heterocycles. The van der Waals surface area contributed by atoms with Crippen LogP contribution in [-0.4, -0.2) is 26.8 Å². The number of hydrogen-bond donors (Lipinski definition) is 4. The molecule has 8 nitrogen and oxygen atoms in total. The van der Waals surface area contributed by atoms with Crippen molar-refractivity contribution in [3.8, 4) is 16.9 Å². The summed E-state index contributed by atoms with van der Waals surface area (Å²) in [5.41, 5.74) is 0.624. The summed E-state index contributed by atoms with van der Waals surface area (Å²) < 4.78 is 15.6. The zero-order chi connectivity index (χ0) is 23.4. The highest BCUT2D eigenvalue weighted by Gasteiger charge is 2.22. The predicted octanol–water partition coefficient (Wildman–Crippen LogP) is 3.54. The van der Waals surface area contributed by atoms with Crippen LogP contribution in [0.15, 0.2) is 59.5 Å². The van der Waals surface area contributed by atoms with E-state index in [0.717, 1.165) is 0 Å². The highest BCUT2D eigenvalue weighted by Crippen LogP contribution is 2.28. The van der Waals surface area contributed by atoms with Crippen LogP contribution in [0.4, 0.5) is 14.9 Å². The number of pyridine rings is 1. The first-order valence-corrected chi connectivity index (χ1v) is 9.70. The van der Waals surface area contributed by atoms with Crippen LogP contribution in [0.5, 0.6) is 5.75 Å². The second-order valence-corrected chi connectivity index (χ2v) is 7.31. The van der Waals surface area contributed by atoms with Gasteiger partial charge in [0.1, 0.15) is 11.6 Å². The number of aromatic hydroxyl groups is 1. The Balaban J connectivity index is 1.91. The molecule has 32 heavy (non-hydrogen) atoms. The first kappa shape index (κ1) is 22.5. The summed E-state index contributed by atoms with van der Waals surface area (Å²) in [6, 6.07) is 10.9. The Kier molecular flexibility index (Phi) is 6.58. The lowest BCUT2D eigenvalue weighted by molar-refractivity contribution is -0.137. The normalized spacial score (nSPS) is 11.6. The standard InChI is InChI=1S/C23H22FN3O5/c1-13-12-27(2)22(31)20(21(13)30)26-23(32)25-18(11-19(28)29)15-8-9-17(24)16(10-15)14-6-4-3-5-7-14/h3-10,12,18,30H,11H2,1-2H3,(H,28,29)(H2,25,26,32). The number of carboxylic acids is 1. The van der Waals surface area contributed by atoms with Gasteiger partial charge in [-0.15, -0.1) is 0 Å². The van der Waals surface area contributed by atoms with Gasteiger partial charge in [-0.1, -0.05) is 36.4 Å². The van der Waals surface area contributed by atoms with E-state index in [0.29, 0.717) is 16.7 Å². The summed E-state index contributed by atoms with van der Waals surface area (Å²) in [6.07, 6.45) is 0.933. The van der Waals surface area contributed by atoms with Gasteiger partial charge in [0.05, 0.1) is 12.5 Å². The van der Waals surface area contributed by atoms with Gasteiger partial charge < -0.3 is 25.4 Å². The fraction of sp³-hybridized carbons (Fsp3) is 0.174. The number of anilines is 1. The Labute approximate surface area is 183 Å². The molecule has 1 aromatic heterocycles. The number of benzene rings is 2. The molecular weight excluding hydrogens is 417 g/mol. The fourth-order valence-corrected chi connectivity index (χ4v) is 3.33. The molecule has 1 atom stereocenters. The molecule has 2 aromatic carbocycles. The van der Waals surface area contributed by atoms with E-state index in [1.54, 1.807) is 37.3 Å². The van der Waals surface area contributed by atoms with Gasteiger partial charge in [-0.05, 0) is 30.2 Å². The number of nitrogens with one attached hydrogen (secondary N) is 2. The van der Waals surface area contributed by atoms with Crippen LogP contribution in [0.3, 0.4) is 0 Å². The number of halogens is 1. The first-order chi connectivity index (χ1) is 15.2. The van der Waals surface area contributed by atoms with Crippen LogP contribution in [0.1, 0.15) is 23.6 Å². The van der Waals surface area contributed by atoms with Crippen LogP contribution < -0.4 is 16.2 Å². The third kappa shape index (κ3) is 4.94. The van der Waals surface area contributed by atoms with Gasteiger partial charge in [0.2, 0.25) is 0 Å². The summed E-state index contributed by atoms with van der Waals surface area (Å²) >= 11 is 0. The second kappa shape index (κ2) is 9.34. The minimum atomic E-state index is -1.18. The fourth-order valence-electron chi connectivity index (χ4n) is 3.33. The number of amides is 2. The van der Waals surface area contributed by atoms with Gasteiger partial charge in [-0.25, -0.2) is 9.18 Å². The Hall–Kier alpha value is -4.14. The lowest BCUT2D eigenvalue weighted by Crippen LogP contribution is -2.36. The number of aryl methyl sites for hydroxylation is 2. The number of aromatic nitrogens is 1. The van der Waals surface area contributed by atoms with Crippen molar-refractivity contribution in [3.63, 3.8) is 0 Å². The maximum atomic E-state index is 14.4. The number of carbonyl (C=O) groups excluding carboxylic acids is 1. The molecule has 3 rings (SSSR count). The third-order valence-electron chi connectivity index (χ3n) is 4.93. The monoisotopic (exact) mass is 439 g/mol. The van der Waals surface area contributed by atoms with Crippen molar-refractivity contribution in [2.45, 2.75) is 19.4 Å². The molecular formula is C23H22FN3O5. The van der Waals surface area contributed by atoms with E-state index in [4.69, 9.17) is 0 Å². The highest BCUT2D eigenvalue weighted by molar-refractivity contribution is 5.91. The average molecular weight is 439 g/mol. The van der Waals surface area contributed by atoms with E-state index in [9.17, 15) is 29.0 Å². The lowest BCUT2D eigenvalue weighted by Gasteiger charge is -2.19. The van der Waals surface area contributed by atoms with Crippen molar-refractivity contribution < 1.29 is 24.2 Å². The number of carboxylic acid groups (broad SMARTS) is 1. The molecule has 1 unspecified atom stereocenters. The molecule has 0 aliphatic rings. The second-order valence-electron chi connectivity index (χ2n) is 7.31. The molecule has 4 N–H and O–H groups in total. The Morgan fingerprint density at radius 2 is 1.84 bits per heavy atom. The van der Waals surface area contributed by atoms with E-state index in [-0.39, 0.29) is 17.0 Å². The molecule has 3 aromatic rings. The maximum Gasteiger partial charge on any atom is 0.319 e. The van der Waals surface area contributed by atoms with E-state index in [1.807, 2.05) is 0 Å². The summed E-state index contributed by atoms with van der Waals surface area (Å²) in [5, 5.41) is 24.2. The minimum absolute atomic E-state index is 0.255. The smallest absolute Gasteiger partial charge is 0.319 e. The zero-order valence-electron chi connectivity index (χ0n) is 17.4. The molecule has 0 aliphatic heterocycles. The predicted molar refractivity (Wildman–Crippen MR) is 117 cm³/mol. The van der Waals surface area contributed by atoms with Gasteiger partial charge in [-0.3, -0.25) is 9.59 Å². The summed E-state index contributed by atoms with van der Waals surface area (Å²) in [6.45, 7) is 1.56. The summed E-state index contributed by atoms with van der Waals surface area (Å²) in [4.78, 5) is 36.3. The van der Waals surface area contributed by atoms with Crippen LogP contribution in [-0.2, 0) is 11.8 Å². The summed E-state index contributed by atoms with van der Waals surface area (Å²) in [5.74, 6) is -2.06. The molecule has 0 aliphatic carbocycles. The lowest BCUT2D eigenvalue weighted by atomic mass is 9.97. The molecule has 0 radical (unpaired) electrons. The van der Waals surface area contributed by atoms with Gasteiger partial charge in [0.15, 0.2) is 5.69 Å².